The first-order valence-electron chi connectivity index (χ1n) is 7.59. The van der Waals surface area contributed by atoms with E-state index in [1.165, 1.54) is 18.2 Å². The van der Waals surface area contributed by atoms with Crippen LogP contribution in [0.2, 0.25) is 0 Å². The molecule has 0 radical (unpaired) electrons. The van der Waals surface area contributed by atoms with Crippen LogP contribution in [0.1, 0.15) is 11.1 Å². The normalized spacial score (nSPS) is 12.2. The van der Waals surface area contributed by atoms with Gasteiger partial charge in [0.15, 0.2) is 5.96 Å². The highest BCUT2D eigenvalue weighted by Gasteiger charge is 2.30. The van der Waals surface area contributed by atoms with Gasteiger partial charge in [0.05, 0.1) is 6.54 Å². The number of halogens is 5. The summed E-state index contributed by atoms with van der Waals surface area (Å²) in [4.78, 5) is 4.03. The van der Waals surface area contributed by atoms with Gasteiger partial charge >= 0.3 is 13.0 Å². The van der Waals surface area contributed by atoms with E-state index >= 15 is 0 Å². The quantitative estimate of drug-likeness (QED) is 0.436. The maximum Gasteiger partial charge on any atom is 0.573 e. The van der Waals surface area contributed by atoms with Crippen molar-refractivity contribution in [2.45, 2.75) is 26.4 Å². The summed E-state index contributed by atoms with van der Waals surface area (Å²) in [5.74, 6) is -0.443. The zero-order valence-electron chi connectivity index (χ0n) is 14.1. The Morgan fingerprint density at radius 1 is 1.15 bits per heavy atom. The Balaban J connectivity index is 2.03. The van der Waals surface area contributed by atoms with Crippen molar-refractivity contribution in [3.63, 3.8) is 0 Å². The molecule has 0 unspecified atom stereocenters. The third-order valence-corrected chi connectivity index (χ3v) is 3.21. The van der Waals surface area contributed by atoms with Crippen LogP contribution in [0.3, 0.4) is 0 Å². The average Bonchev–Trinajstić information content (AvgIpc) is 2.55. The Bertz CT molecular complexity index is 792. The average molecular weight is 389 g/mol. The zero-order chi connectivity index (χ0) is 20.0. The molecule has 0 saturated heterocycles. The molecule has 2 aromatic carbocycles. The number of ether oxygens (including phenoxy) is 2. The molecule has 2 aromatic rings. The van der Waals surface area contributed by atoms with E-state index in [0.29, 0.717) is 11.3 Å². The zero-order valence-corrected chi connectivity index (χ0v) is 14.1. The number of aryl methyl sites for hydroxylation is 1. The predicted molar refractivity (Wildman–Crippen MR) is 89.9 cm³/mol. The second-order valence-corrected chi connectivity index (χ2v) is 5.39. The van der Waals surface area contributed by atoms with E-state index in [2.05, 4.69) is 19.8 Å². The molecule has 0 spiro atoms. The number of nitrogens with two attached hydrogens (primary N) is 1. The number of nitrogens with one attached hydrogen (secondary N) is 1. The Kier molecular flexibility index (Phi) is 6.43. The number of aliphatic imine (C=N–C) groups is 1. The fraction of sp³-hybridized carbons (Fsp3) is 0.235. The van der Waals surface area contributed by atoms with Gasteiger partial charge in [-0.05, 0) is 37.3 Å². The lowest BCUT2D eigenvalue weighted by molar-refractivity contribution is -0.274. The van der Waals surface area contributed by atoms with E-state index in [0.717, 1.165) is 17.7 Å². The molecule has 10 heteroatoms. The third-order valence-electron chi connectivity index (χ3n) is 3.21. The first-order valence-corrected chi connectivity index (χ1v) is 7.59. The van der Waals surface area contributed by atoms with Gasteiger partial charge in [-0.1, -0.05) is 17.7 Å². The molecule has 0 saturated carbocycles. The summed E-state index contributed by atoms with van der Waals surface area (Å²) < 4.78 is 69.4. The minimum Gasteiger partial charge on any atom is -0.434 e. The van der Waals surface area contributed by atoms with Crippen molar-refractivity contribution in [2.24, 2.45) is 10.7 Å². The number of hydrogen-bond acceptors (Lipinski definition) is 3. The summed E-state index contributed by atoms with van der Waals surface area (Å²) in [6.45, 7) is -1.22. The smallest absolute Gasteiger partial charge is 0.434 e. The third kappa shape index (κ3) is 7.00. The fourth-order valence-corrected chi connectivity index (χ4v) is 2.14. The maximum atomic E-state index is 12.4. The number of nitrogens with zero attached hydrogens (tertiary/aromatic N) is 1. The van der Waals surface area contributed by atoms with Crippen LogP contribution < -0.4 is 20.5 Å². The minimum atomic E-state index is -4.78. The molecule has 2 rings (SSSR count). The predicted octanol–water partition coefficient (Wildman–Crippen LogP) is 4.42. The standard InChI is InChI=1S/C17H16F5N3O2/c1-10-2-7-14(26-15(18)19)11(8-10)9-24-16(23)25-12-3-5-13(6-4-12)27-17(20,21)22/h2-8,15H,9H2,1H3,(H3,23,24,25). The van der Waals surface area contributed by atoms with Crippen LogP contribution in [0.5, 0.6) is 11.5 Å². The number of guanidine groups is 1. The lowest BCUT2D eigenvalue weighted by atomic mass is 10.1. The van der Waals surface area contributed by atoms with Crippen molar-refractivity contribution in [3.05, 3.63) is 53.6 Å². The monoisotopic (exact) mass is 389 g/mol. The van der Waals surface area contributed by atoms with E-state index in [1.807, 2.05) is 0 Å². The molecule has 0 aliphatic rings. The Labute approximate surface area is 151 Å². The van der Waals surface area contributed by atoms with Crippen molar-refractivity contribution < 1.29 is 31.4 Å². The summed E-state index contributed by atoms with van der Waals surface area (Å²) in [5, 5.41) is 2.68. The van der Waals surface area contributed by atoms with Gasteiger partial charge in [-0.2, -0.15) is 8.78 Å². The highest BCUT2D eigenvalue weighted by Crippen LogP contribution is 2.24. The molecule has 27 heavy (non-hydrogen) atoms. The topological polar surface area (TPSA) is 68.9 Å². The van der Waals surface area contributed by atoms with Crippen molar-refractivity contribution in [3.8, 4) is 11.5 Å². The van der Waals surface area contributed by atoms with Gasteiger partial charge in [-0.25, -0.2) is 4.99 Å². The SMILES string of the molecule is Cc1ccc(OC(F)F)c(CN=C(N)Nc2ccc(OC(F)(F)F)cc2)c1. The number of benzene rings is 2. The van der Waals surface area contributed by atoms with Crippen LogP contribution in [-0.2, 0) is 6.54 Å². The van der Waals surface area contributed by atoms with E-state index < -0.39 is 13.0 Å². The van der Waals surface area contributed by atoms with Crippen molar-refractivity contribution >= 4 is 11.6 Å². The Morgan fingerprint density at radius 3 is 2.41 bits per heavy atom. The lowest BCUT2D eigenvalue weighted by Gasteiger charge is -2.11. The van der Waals surface area contributed by atoms with Crippen molar-refractivity contribution in [1.82, 2.24) is 0 Å². The molecule has 0 atom stereocenters. The molecule has 0 fully saturated rings. The number of rotatable bonds is 6. The van der Waals surface area contributed by atoms with E-state index in [4.69, 9.17) is 5.73 Å². The summed E-state index contributed by atoms with van der Waals surface area (Å²) in [7, 11) is 0. The minimum absolute atomic E-state index is 0.0131. The van der Waals surface area contributed by atoms with Crippen molar-refractivity contribution in [1.29, 1.82) is 0 Å². The fourth-order valence-electron chi connectivity index (χ4n) is 2.14. The first kappa shape index (κ1) is 20.3. The molecule has 0 aromatic heterocycles. The number of alkyl halides is 5. The highest BCUT2D eigenvalue weighted by atomic mass is 19.4. The van der Waals surface area contributed by atoms with E-state index in [9.17, 15) is 22.0 Å². The van der Waals surface area contributed by atoms with Crippen molar-refractivity contribution in [2.75, 3.05) is 5.32 Å². The largest absolute Gasteiger partial charge is 0.573 e. The van der Waals surface area contributed by atoms with Gasteiger partial charge in [0.1, 0.15) is 11.5 Å². The van der Waals surface area contributed by atoms with Crippen LogP contribution >= 0.6 is 0 Å². The van der Waals surface area contributed by atoms with Crippen LogP contribution in [0.25, 0.3) is 0 Å². The van der Waals surface area contributed by atoms with E-state index in [1.54, 1.807) is 19.1 Å². The lowest BCUT2D eigenvalue weighted by Crippen LogP contribution is -2.22. The second kappa shape index (κ2) is 8.56. The summed E-state index contributed by atoms with van der Waals surface area (Å²) >= 11 is 0. The molecule has 3 N–H and O–H groups in total. The molecular weight excluding hydrogens is 373 g/mol. The summed E-state index contributed by atoms with van der Waals surface area (Å²) in [5.41, 5.74) is 7.33. The van der Waals surface area contributed by atoms with Crippen LogP contribution in [0.4, 0.5) is 27.6 Å². The molecule has 0 amide bonds. The molecular formula is C17H16F5N3O2. The van der Waals surface area contributed by atoms with Crippen LogP contribution in [-0.4, -0.2) is 18.9 Å². The molecule has 0 bridgehead atoms. The first-order chi connectivity index (χ1) is 12.6. The molecule has 0 heterocycles. The summed E-state index contributed by atoms with van der Waals surface area (Å²) in [6.07, 6.45) is -4.78. The van der Waals surface area contributed by atoms with Gasteiger partial charge in [-0.3, -0.25) is 0 Å². The van der Waals surface area contributed by atoms with Crippen LogP contribution in [0, 0.1) is 6.92 Å². The Hall–Kier alpha value is -3.04. The maximum absolute atomic E-state index is 12.4. The highest BCUT2D eigenvalue weighted by molar-refractivity contribution is 5.92. The second-order valence-electron chi connectivity index (χ2n) is 5.39. The van der Waals surface area contributed by atoms with Gasteiger partial charge in [-0.15, -0.1) is 13.2 Å². The summed E-state index contributed by atoms with van der Waals surface area (Å²) in [6, 6.07) is 9.53. The van der Waals surface area contributed by atoms with Gasteiger partial charge < -0.3 is 20.5 Å². The number of hydrogen-bond donors (Lipinski definition) is 2. The van der Waals surface area contributed by atoms with Gasteiger partial charge in [0.25, 0.3) is 0 Å². The Morgan fingerprint density at radius 2 is 1.81 bits per heavy atom. The van der Waals surface area contributed by atoms with Gasteiger partial charge in [0, 0.05) is 11.3 Å². The van der Waals surface area contributed by atoms with Crippen LogP contribution in [0.15, 0.2) is 47.5 Å². The van der Waals surface area contributed by atoms with E-state index in [-0.39, 0.29) is 24.0 Å². The molecule has 0 aliphatic heterocycles. The number of anilines is 1. The van der Waals surface area contributed by atoms with Gasteiger partial charge in [0.2, 0.25) is 0 Å². The molecule has 0 aliphatic carbocycles. The molecule has 146 valence electrons. The molecule has 5 nitrogen and oxygen atoms in total.